The molecule has 14 heavy (non-hydrogen) atoms. The third-order valence-electron chi connectivity index (χ3n) is 2.65. The molecule has 0 aromatic rings. The average molecular weight is 202 g/mol. The fourth-order valence-corrected chi connectivity index (χ4v) is 1.58. The lowest BCUT2D eigenvalue weighted by Crippen LogP contribution is -2.25. The Morgan fingerprint density at radius 3 is 1.71 bits per heavy atom. The van der Waals surface area contributed by atoms with Crippen LogP contribution < -0.4 is 0 Å². The van der Waals surface area contributed by atoms with Crippen LogP contribution in [0.1, 0.15) is 65.2 Å². The zero-order valence-corrected chi connectivity index (χ0v) is 9.71. The first-order chi connectivity index (χ1) is 6.72. The van der Waals surface area contributed by atoms with E-state index in [0.29, 0.717) is 0 Å². The van der Waals surface area contributed by atoms with E-state index in [9.17, 15) is 10.2 Å². The fourth-order valence-electron chi connectivity index (χ4n) is 1.58. The van der Waals surface area contributed by atoms with E-state index in [2.05, 4.69) is 13.8 Å². The highest BCUT2D eigenvalue weighted by Gasteiger charge is 2.14. The topological polar surface area (TPSA) is 40.5 Å². The van der Waals surface area contributed by atoms with E-state index < -0.39 is 12.2 Å². The smallest absolute Gasteiger partial charge is 0.0799 e. The maximum atomic E-state index is 9.59. The SMILES string of the molecule is CCCCCC[C@@H](O)[C@@H](O)CCCC. The van der Waals surface area contributed by atoms with E-state index in [4.69, 9.17) is 0 Å². The second kappa shape index (κ2) is 9.47. The molecule has 2 atom stereocenters. The lowest BCUT2D eigenvalue weighted by atomic mass is 10.0. The summed E-state index contributed by atoms with van der Waals surface area (Å²) in [6.07, 6.45) is 7.25. The molecular formula is C12H26O2. The maximum absolute atomic E-state index is 9.59. The maximum Gasteiger partial charge on any atom is 0.0799 e. The van der Waals surface area contributed by atoms with Crippen molar-refractivity contribution < 1.29 is 10.2 Å². The highest BCUT2D eigenvalue weighted by Crippen LogP contribution is 2.12. The van der Waals surface area contributed by atoms with E-state index in [0.717, 1.165) is 32.1 Å². The fraction of sp³-hybridized carbons (Fsp3) is 1.00. The first-order valence-electron chi connectivity index (χ1n) is 6.08. The summed E-state index contributed by atoms with van der Waals surface area (Å²) in [6, 6.07) is 0. The molecule has 0 aromatic carbocycles. The lowest BCUT2D eigenvalue weighted by Gasteiger charge is -2.17. The van der Waals surface area contributed by atoms with E-state index >= 15 is 0 Å². The standard InChI is InChI=1S/C12H26O2/c1-3-5-7-8-10-12(14)11(13)9-6-4-2/h11-14H,3-10H2,1-2H3/t11-,12+/m0/s1. The van der Waals surface area contributed by atoms with E-state index in [1.807, 2.05) is 0 Å². The van der Waals surface area contributed by atoms with Crippen molar-refractivity contribution in [2.45, 2.75) is 77.4 Å². The molecule has 0 saturated carbocycles. The van der Waals surface area contributed by atoms with Gasteiger partial charge in [-0.15, -0.1) is 0 Å². The third-order valence-corrected chi connectivity index (χ3v) is 2.65. The summed E-state index contributed by atoms with van der Waals surface area (Å²) < 4.78 is 0. The number of unbranched alkanes of at least 4 members (excludes halogenated alkanes) is 4. The highest BCUT2D eigenvalue weighted by molar-refractivity contribution is 4.66. The van der Waals surface area contributed by atoms with Crippen molar-refractivity contribution in [1.82, 2.24) is 0 Å². The molecule has 0 amide bonds. The van der Waals surface area contributed by atoms with Crippen LogP contribution in [0.25, 0.3) is 0 Å². The number of hydrogen-bond donors (Lipinski definition) is 2. The molecule has 2 nitrogen and oxygen atoms in total. The molecule has 0 rings (SSSR count). The van der Waals surface area contributed by atoms with Crippen molar-refractivity contribution >= 4 is 0 Å². The molecule has 2 N–H and O–H groups in total. The van der Waals surface area contributed by atoms with Crippen LogP contribution in [0, 0.1) is 0 Å². The summed E-state index contributed by atoms with van der Waals surface area (Å²) in [7, 11) is 0. The van der Waals surface area contributed by atoms with Gasteiger partial charge in [0.15, 0.2) is 0 Å². The highest BCUT2D eigenvalue weighted by atomic mass is 16.3. The molecule has 0 saturated heterocycles. The zero-order valence-electron chi connectivity index (χ0n) is 9.71. The van der Waals surface area contributed by atoms with Gasteiger partial charge in [-0.3, -0.25) is 0 Å². The largest absolute Gasteiger partial charge is 0.390 e. The molecule has 0 bridgehead atoms. The summed E-state index contributed by atoms with van der Waals surface area (Å²) in [6.45, 7) is 4.27. The summed E-state index contributed by atoms with van der Waals surface area (Å²) in [4.78, 5) is 0. The van der Waals surface area contributed by atoms with Gasteiger partial charge in [0.05, 0.1) is 12.2 Å². The lowest BCUT2D eigenvalue weighted by molar-refractivity contribution is 0.00739. The normalized spacial score (nSPS) is 15.4. The number of aliphatic hydroxyl groups is 2. The van der Waals surface area contributed by atoms with Gasteiger partial charge in [0.25, 0.3) is 0 Å². The minimum absolute atomic E-state index is 0.501. The first kappa shape index (κ1) is 13.9. The van der Waals surface area contributed by atoms with Gasteiger partial charge in [0, 0.05) is 0 Å². The zero-order chi connectivity index (χ0) is 10.8. The van der Waals surface area contributed by atoms with Gasteiger partial charge in [-0.05, 0) is 12.8 Å². The quantitative estimate of drug-likeness (QED) is 0.564. The number of aliphatic hydroxyl groups excluding tert-OH is 2. The summed E-state index contributed by atoms with van der Waals surface area (Å²) in [5.41, 5.74) is 0. The molecule has 0 aliphatic heterocycles. The van der Waals surface area contributed by atoms with Gasteiger partial charge < -0.3 is 10.2 Å². The Hall–Kier alpha value is -0.0800. The Balaban J connectivity index is 3.36. The predicted molar refractivity (Wildman–Crippen MR) is 60.3 cm³/mol. The van der Waals surface area contributed by atoms with Gasteiger partial charge in [0.2, 0.25) is 0 Å². The molecule has 86 valence electrons. The summed E-state index contributed by atoms with van der Waals surface area (Å²) in [5.74, 6) is 0. The van der Waals surface area contributed by atoms with Crippen molar-refractivity contribution in [3.05, 3.63) is 0 Å². The molecule has 0 unspecified atom stereocenters. The number of rotatable bonds is 9. The Labute approximate surface area is 88.3 Å². The van der Waals surface area contributed by atoms with Gasteiger partial charge in [-0.25, -0.2) is 0 Å². The van der Waals surface area contributed by atoms with Crippen molar-refractivity contribution in [2.75, 3.05) is 0 Å². The summed E-state index contributed by atoms with van der Waals surface area (Å²) in [5, 5.41) is 19.1. The van der Waals surface area contributed by atoms with Gasteiger partial charge in [-0.1, -0.05) is 52.4 Å². The van der Waals surface area contributed by atoms with Crippen molar-refractivity contribution in [1.29, 1.82) is 0 Å². The summed E-state index contributed by atoms with van der Waals surface area (Å²) >= 11 is 0. The van der Waals surface area contributed by atoms with Crippen LogP contribution in [0.2, 0.25) is 0 Å². The monoisotopic (exact) mass is 202 g/mol. The van der Waals surface area contributed by atoms with Crippen molar-refractivity contribution in [3.63, 3.8) is 0 Å². The number of hydrogen-bond acceptors (Lipinski definition) is 2. The Morgan fingerprint density at radius 2 is 1.21 bits per heavy atom. The van der Waals surface area contributed by atoms with Gasteiger partial charge in [-0.2, -0.15) is 0 Å². The predicted octanol–water partition coefficient (Wildman–Crippen LogP) is 2.87. The Bertz CT molecular complexity index is 115. The molecule has 0 aliphatic carbocycles. The van der Waals surface area contributed by atoms with Crippen LogP contribution in [-0.4, -0.2) is 22.4 Å². The second-order valence-electron chi connectivity index (χ2n) is 4.13. The molecule has 0 spiro atoms. The molecule has 0 fully saturated rings. The third kappa shape index (κ3) is 7.34. The van der Waals surface area contributed by atoms with Gasteiger partial charge >= 0.3 is 0 Å². The molecule has 2 heteroatoms. The van der Waals surface area contributed by atoms with E-state index in [1.54, 1.807) is 0 Å². The molecule has 0 aliphatic rings. The van der Waals surface area contributed by atoms with Crippen molar-refractivity contribution in [3.8, 4) is 0 Å². The van der Waals surface area contributed by atoms with Gasteiger partial charge in [0.1, 0.15) is 0 Å². The van der Waals surface area contributed by atoms with Crippen LogP contribution in [-0.2, 0) is 0 Å². The van der Waals surface area contributed by atoms with Crippen LogP contribution in [0.15, 0.2) is 0 Å². The van der Waals surface area contributed by atoms with Crippen LogP contribution in [0.4, 0.5) is 0 Å². The first-order valence-corrected chi connectivity index (χ1v) is 6.08. The Morgan fingerprint density at radius 1 is 0.714 bits per heavy atom. The molecule has 0 heterocycles. The van der Waals surface area contributed by atoms with E-state index in [-0.39, 0.29) is 0 Å². The van der Waals surface area contributed by atoms with E-state index in [1.165, 1.54) is 19.3 Å². The minimum atomic E-state index is -0.503. The molecule has 0 aromatic heterocycles. The van der Waals surface area contributed by atoms with Crippen LogP contribution in [0.5, 0.6) is 0 Å². The minimum Gasteiger partial charge on any atom is -0.390 e. The van der Waals surface area contributed by atoms with Crippen LogP contribution in [0.3, 0.4) is 0 Å². The average Bonchev–Trinajstić information content (AvgIpc) is 2.20. The van der Waals surface area contributed by atoms with Crippen molar-refractivity contribution in [2.24, 2.45) is 0 Å². The second-order valence-corrected chi connectivity index (χ2v) is 4.13. The molecular weight excluding hydrogens is 176 g/mol. The Kier molecular flexibility index (Phi) is 9.42. The molecule has 0 radical (unpaired) electrons. The van der Waals surface area contributed by atoms with Crippen LogP contribution >= 0.6 is 0 Å².